The van der Waals surface area contributed by atoms with Crippen molar-refractivity contribution in [2.75, 3.05) is 0 Å². The highest BCUT2D eigenvalue weighted by molar-refractivity contribution is 5.93. The van der Waals surface area contributed by atoms with E-state index < -0.39 is 0 Å². The Hall–Kier alpha value is -2.99. The van der Waals surface area contributed by atoms with Crippen LogP contribution in [-0.4, -0.2) is 22.1 Å². The summed E-state index contributed by atoms with van der Waals surface area (Å²) >= 11 is 0. The van der Waals surface area contributed by atoms with E-state index in [0.717, 1.165) is 16.7 Å². The lowest BCUT2D eigenvalue weighted by atomic mass is 10.1. The van der Waals surface area contributed by atoms with E-state index in [1.54, 1.807) is 18.2 Å². The summed E-state index contributed by atoms with van der Waals surface area (Å²) in [5.41, 5.74) is 10.2. The van der Waals surface area contributed by atoms with Gasteiger partial charge in [-0.05, 0) is 47.9 Å². The largest absolute Gasteiger partial charge is 0.346 e. The lowest BCUT2D eigenvalue weighted by molar-refractivity contribution is 0.0928. The maximum atomic E-state index is 13.0. The molecule has 1 aliphatic rings. The standard InChI is InChI=1S/C19H17FN4O/c20-13-7-5-11(6-8-13)15-10-17(24-23-15)19(25)22-16-9-12-3-1-2-4-14(12)18(16)21/h1-8,10,16,18H,9,21H2,(H,22,25)(H,23,24)/t16-,18-/m0/s1. The normalized spacial score (nSPS) is 18.8. The molecule has 0 saturated carbocycles. The number of nitrogens with two attached hydrogens (primary N) is 1. The Labute approximate surface area is 144 Å². The van der Waals surface area contributed by atoms with E-state index in [-0.39, 0.29) is 23.8 Å². The number of carbonyl (C=O) groups is 1. The quantitative estimate of drug-likeness (QED) is 0.687. The van der Waals surface area contributed by atoms with Crippen molar-refractivity contribution in [1.29, 1.82) is 0 Å². The van der Waals surface area contributed by atoms with Crippen LogP contribution in [0, 0.1) is 5.82 Å². The van der Waals surface area contributed by atoms with E-state index in [2.05, 4.69) is 15.5 Å². The molecule has 1 heterocycles. The summed E-state index contributed by atoms with van der Waals surface area (Å²) in [4.78, 5) is 12.5. The van der Waals surface area contributed by atoms with Crippen molar-refractivity contribution in [3.05, 3.63) is 77.2 Å². The molecule has 25 heavy (non-hydrogen) atoms. The van der Waals surface area contributed by atoms with Gasteiger partial charge < -0.3 is 11.1 Å². The van der Waals surface area contributed by atoms with Crippen molar-refractivity contribution in [3.8, 4) is 11.3 Å². The molecule has 5 nitrogen and oxygen atoms in total. The number of fused-ring (bicyclic) bond motifs is 1. The van der Waals surface area contributed by atoms with Gasteiger partial charge in [0.1, 0.15) is 11.5 Å². The first-order valence-corrected chi connectivity index (χ1v) is 8.07. The summed E-state index contributed by atoms with van der Waals surface area (Å²) in [5, 5.41) is 9.83. The molecule has 4 N–H and O–H groups in total. The molecule has 0 aliphatic heterocycles. The van der Waals surface area contributed by atoms with Gasteiger partial charge in [0.05, 0.1) is 17.8 Å². The number of nitrogens with zero attached hydrogens (tertiary/aromatic N) is 1. The first-order valence-electron chi connectivity index (χ1n) is 8.07. The maximum Gasteiger partial charge on any atom is 0.269 e. The minimum absolute atomic E-state index is 0.150. The van der Waals surface area contributed by atoms with Gasteiger partial charge in [-0.3, -0.25) is 9.89 Å². The Morgan fingerprint density at radius 3 is 2.72 bits per heavy atom. The first kappa shape index (κ1) is 15.5. The van der Waals surface area contributed by atoms with Crippen LogP contribution in [0.4, 0.5) is 4.39 Å². The van der Waals surface area contributed by atoms with Gasteiger partial charge in [0.2, 0.25) is 0 Å². The molecule has 6 heteroatoms. The highest BCUT2D eigenvalue weighted by Gasteiger charge is 2.30. The number of H-pyrrole nitrogens is 1. The van der Waals surface area contributed by atoms with Crippen LogP contribution < -0.4 is 11.1 Å². The topological polar surface area (TPSA) is 83.8 Å². The third-order valence-electron chi connectivity index (χ3n) is 4.57. The molecule has 0 spiro atoms. The summed E-state index contributed by atoms with van der Waals surface area (Å²) in [5.74, 6) is -0.568. The van der Waals surface area contributed by atoms with E-state index in [0.29, 0.717) is 17.8 Å². The van der Waals surface area contributed by atoms with Gasteiger partial charge in [-0.1, -0.05) is 24.3 Å². The van der Waals surface area contributed by atoms with Gasteiger partial charge in [-0.2, -0.15) is 5.10 Å². The minimum atomic E-state index is -0.313. The molecule has 2 aromatic carbocycles. The fraction of sp³-hybridized carbons (Fsp3) is 0.158. The Bertz CT molecular complexity index is 919. The molecule has 1 aromatic heterocycles. The highest BCUT2D eigenvalue weighted by atomic mass is 19.1. The molecule has 0 saturated heterocycles. The molecule has 1 aliphatic carbocycles. The third kappa shape index (κ3) is 2.92. The number of hydrogen-bond acceptors (Lipinski definition) is 3. The number of carbonyl (C=O) groups excluding carboxylic acids is 1. The zero-order valence-electron chi connectivity index (χ0n) is 13.4. The predicted molar refractivity (Wildman–Crippen MR) is 92.3 cm³/mol. The number of amides is 1. The lowest BCUT2D eigenvalue weighted by Gasteiger charge is -2.17. The average Bonchev–Trinajstić information content (AvgIpc) is 3.22. The van der Waals surface area contributed by atoms with Gasteiger partial charge in [0.15, 0.2) is 0 Å². The SMILES string of the molecule is N[C@H]1c2ccccc2C[C@@H]1NC(=O)c1cc(-c2ccc(F)cc2)n[nH]1. The Morgan fingerprint density at radius 1 is 1.20 bits per heavy atom. The number of hydrogen-bond donors (Lipinski definition) is 3. The molecule has 4 rings (SSSR count). The van der Waals surface area contributed by atoms with Gasteiger partial charge in [0.25, 0.3) is 5.91 Å². The van der Waals surface area contributed by atoms with Gasteiger partial charge in [0, 0.05) is 5.56 Å². The van der Waals surface area contributed by atoms with Gasteiger partial charge >= 0.3 is 0 Å². The van der Waals surface area contributed by atoms with Crippen molar-refractivity contribution in [3.63, 3.8) is 0 Å². The maximum absolute atomic E-state index is 13.0. The van der Waals surface area contributed by atoms with Crippen molar-refractivity contribution in [2.24, 2.45) is 5.73 Å². The summed E-state index contributed by atoms with van der Waals surface area (Å²) < 4.78 is 13.0. The number of halogens is 1. The summed E-state index contributed by atoms with van der Waals surface area (Å²) in [7, 11) is 0. The summed E-state index contributed by atoms with van der Waals surface area (Å²) in [6.45, 7) is 0. The van der Waals surface area contributed by atoms with E-state index in [1.165, 1.54) is 12.1 Å². The van der Waals surface area contributed by atoms with E-state index in [9.17, 15) is 9.18 Å². The van der Waals surface area contributed by atoms with Crippen LogP contribution in [0.15, 0.2) is 54.6 Å². The summed E-state index contributed by atoms with van der Waals surface area (Å²) in [6.07, 6.45) is 0.710. The first-order chi connectivity index (χ1) is 12.1. The molecular weight excluding hydrogens is 319 g/mol. The second kappa shape index (κ2) is 6.14. The highest BCUT2D eigenvalue weighted by Crippen LogP contribution is 2.29. The van der Waals surface area contributed by atoms with Crippen molar-refractivity contribution >= 4 is 5.91 Å². The van der Waals surface area contributed by atoms with Crippen LogP contribution in [0.5, 0.6) is 0 Å². The second-order valence-electron chi connectivity index (χ2n) is 6.18. The van der Waals surface area contributed by atoms with Crippen molar-refractivity contribution in [1.82, 2.24) is 15.5 Å². The molecule has 3 aromatic rings. The second-order valence-corrected chi connectivity index (χ2v) is 6.18. The number of rotatable bonds is 3. The average molecular weight is 336 g/mol. The van der Waals surface area contributed by atoms with E-state index >= 15 is 0 Å². The fourth-order valence-electron chi connectivity index (χ4n) is 3.22. The van der Waals surface area contributed by atoms with Crippen LogP contribution in [0.1, 0.15) is 27.7 Å². The van der Waals surface area contributed by atoms with Gasteiger partial charge in [-0.25, -0.2) is 4.39 Å². The molecule has 126 valence electrons. The molecule has 0 bridgehead atoms. The molecule has 2 atom stereocenters. The molecule has 0 fully saturated rings. The Kier molecular flexibility index (Phi) is 3.82. The summed E-state index contributed by atoms with van der Waals surface area (Å²) in [6, 6.07) is 15.2. The fourth-order valence-corrected chi connectivity index (χ4v) is 3.22. The molecule has 0 unspecified atom stereocenters. The lowest BCUT2D eigenvalue weighted by Crippen LogP contribution is -2.40. The van der Waals surface area contributed by atoms with Crippen LogP contribution in [0.3, 0.4) is 0 Å². The van der Waals surface area contributed by atoms with Crippen LogP contribution in [-0.2, 0) is 6.42 Å². The molecular formula is C19H17FN4O. The van der Waals surface area contributed by atoms with E-state index in [4.69, 9.17) is 5.73 Å². The zero-order valence-corrected chi connectivity index (χ0v) is 13.4. The van der Waals surface area contributed by atoms with Crippen molar-refractivity contribution in [2.45, 2.75) is 18.5 Å². The van der Waals surface area contributed by atoms with Crippen LogP contribution in [0.2, 0.25) is 0 Å². The molecule has 1 amide bonds. The van der Waals surface area contributed by atoms with Gasteiger partial charge in [-0.15, -0.1) is 0 Å². The van der Waals surface area contributed by atoms with Crippen molar-refractivity contribution < 1.29 is 9.18 Å². The Balaban J connectivity index is 1.48. The Morgan fingerprint density at radius 2 is 1.96 bits per heavy atom. The predicted octanol–water partition coefficient (Wildman–Crippen LogP) is 2.57. The minimum Gasteiger partial charge on any atom is -0.346 e. The third-order valence-corrected chi connectivity index (χ3v) is 4.57. The number of nitrogens with one attached hydrogen (secondary N) is 2. The van der Waals surface area contributed by atoms with Crippen LogP contribution >= 0.6 is 0 Å². The number of aromatic nitrogens is 2. The molecule has 0 radical (unpaired) electrons. The monoisotopic (exact) mass is 336 g/mol. The zero-order chi connectivity index (χ0) is 17.4. The van der Waals surface area contributed by atoms with E-state index in [1.807, 2.05) is 24.3 Å². The smallest absolute Gasteiger partial charge is 0.269 e. The number of benzene rings is 2. The van der Waals surface area contributed by atoms with Crippen LogP contribution in [0.25, 0.3) is 11.3 Å². The number of aromatic amines is 1.